The van der Waals surface area contributed by atoms with Crippen molar-refractivity contribution in [1.82, 2.24) is 9.97 Å². The summed E-state index contributed by atoms with van der Waals surface area (Å²) in [6.07, 6.45) is 11.1. The van der Waals surface area contributed by atoms with Gasteiger partial charge >= 0.3 is 0 Å². The second kappa shape index (κ2) is 9.28. The van der Waals surface area contributed by atoms with Crippen molar-refractivity contribution in [3.63, 3.8) is 0 Å². The van der Waals surface area contributed by atoms with Gasteiger partial charge in [0.25, 0.3) is 5.91 Å². The summed E-state index contributed by atoms with van der Waals surface area (Å²) in [7, 11) is 0. The van der Waals surface area contributed by atoms with Crippen molar-refractivity contribution in [2.24, 2.45) is 17.3 Å². The van der Waals surface area contributed by atoms with Crippen molar-refractivity contribution < 1.29 is 9.53 Å². The molecular weight excluding hydrogens is 436 g/mol. The number of anilines is 1. The van der Waals surface area contributed by atoms with Gasteiger partial charge in [-0.05, 0) is 85.0 Å². The van der Waals surface area contributed by atoms with Gasteiger partial charge in [0.2, 0.25) is 0 Å². The molecule has 1 aliphatic carbocycles. The number of carbonyl (C=O) groups is 1. The average molecular weight is 473 g/mol. The predicted octanol–water partition coefficient (Wildman–Crippen LogP) is 6.43. The first-order chi connectivity index (χ1) is 16.7. The van der Waals surface area contributed by atoms with Crippen LogP contribution in [0.15, 0.2) is 30.5 Å². The molecule has 2 fully saturated rings. The summed E-state index contributed by atoms with van der Waals surface area (Å²) in [6.45, 7) is 9.34. The van der Waals surface area contributed by atoms with Gasteiger partial charge in [-0.3, -0.25) is 4.79 Å². The van der Waals surface area contributed by atoms with E-state index < -0.39 is 0 Å². The van der Waals surface area contributed by atoms with Gasteiger partial charge in [0.1, 0.15) is 11.8 Å². The number of H-pyrrole nitrogens is 1. The number of rotatable bonds is 4. The molecular formula is C29H36N4O2. The van der Waals surface area contributed by atoms with Crippen LogP contribution in [0.1, 0.15) is 99.6 Å². The highest BCUT2D eigenvalue weighted by molar-refractivity contribution is 6.03. The number of aromatic nitrogens is 2. The Morgan fingerprint density at radius 3 is 2.83 bits per heavy atom. The molecule has 0 unspecified atom stereocenters. The summed E-state index contributed by atoms with van der Waals surface area (Å²) in [4.78, 5) is 19.8. The minimum Gasteiger partial charge on any atom is -0.375 e. The number of nitrogens with zero attached hydrogens (tertiary/aromatic N) is 2. The maximum absolute atomic E-state index is 13.0. The summed E-state index contributed by atoms with van der Waals surface area (Å²) in [5, 5.41) is 12.1. The van der Waals surface area contributed by atoms with Crippen molar-refractivity contribution >= 4 is 17.2 Å². The minimum atomic E-state index is -0.334. The van der Waals surface area contributed by atoms with E-state index in [2.05, 4.69) is 67.3 Å². The molecule has 0 saturated carbocycles. The molecule has 2 saturated heterocycles. The number of allylic oxidation sites excluding steroid dienone is 2. The third-order valence-electron chi connectivity index (χ3n) is 8.45. The molecule has 1 aromatic heterocycles. The van der Waals surface area contributed by atoms with E-state index in [0.29, 0.717) is 35.4 Å². The van der Waals surface area contributed by atoms with E-state index in [1.807, 2.05) is 6.07 Å². The molecule has 0 radical (unpaired) electrons. The second-order valence-corrected chi connectivity index (χ2v) is 11.6. The lowest BCUT2D eigenvalue weighted by Gasteiger charge is -2.33. The lowest BCUT2D eigenvalue weighted by atomic mass is 9.72. The van der Waals surface area contributed by atoms with Gasteiger partial charge in [-0.15, -0.1) is 0 Å². The van der Waals surface area contributed by atoms with Crippen molar-refractivity contribution in [3.8, 4) is 6.07 Å². The van der Waals surface area contributed by atoms with E-state index in [0.717, 1.165) is 43.4 Å². The maximum atomic E-state index is 13.0. The number of benzene rings is 1. The number of aromatic amines is 1. The van der Waals surface area contributed by atoms with Gasteiger partial charge in [0.15, 0.2) is 5.82 Å². The lowest BCUT2D eigenvalue weighted by molar-refractivity contribution is 0.0250. The predicted molar refractivity (Wildman–Crippen MR) is 137 cm³/mol. The molecule has 1 amide bonds. The third-order valence-corrected chi connectivity index (χ3v) is 8.45. The Kier molecular flexibility index (Phi) is 6.31. The van der Waals surface area contributed by atoms with Crippen LogP contribution in [-0.2, 0) is 4.74 Å². The molecule has 5 atom stereocenters. The molecule has 0 spiro atoms. The number of hydrogen-bond acceptors (Lipinski definition) is 4. The average Bonchev–Trinajstić information content (AvgIpc) is 3.47. The zero-order valence-electron chi connectivity index (χ0n) is 21.2. The van der Waals surface area contributed by atoms with Crippen LogP contribution >= 0.6 is 0 Å². The summed E-state index contributed by atoms with van der Waals surface area (Å²) in [5.74, 6) is 1.24. The smallest absolute Gasteiger partial charge is 0.291 e. The third kappa shape index (κ3) is 4.79. The summed E-state index contributed by atoms with van der Waals surface area (Å²) >= 11 is 0. The molecule has 3 aliphatic rings. The highest BCUT2D eigenvalue weighted by Gasteiger charge is 2.41. The molecule has 5 rings (SSSR count). The summed E-state index contributed by atoms with van der Waals surface area (Å²) in [5.41, 5.74) is 5.11. The van der Waals surface area contributed by atoms with Crippen LogP contribution < -0.4 is 5.32 Å². The molecule has 6 heteroatoms. The number of nitriles is 1. The van der Waals surface area contributed by atoms with Crippen LogP contribution in [-0.4, -0.2) is 28.1 Å². The van der Waals surface area contributed by atoms with Crippen LogP contribution in [0.3, 0.4) is 0 Å². The summed E-state index contributed by atoms with van der Waals surface area (Å²) < 4.78 is 6.36. The quantitative estimate of drug-likeness (QED) is 0.536. The first-order valence-electron chi connectivity index (χ1n) is 13.0. The SMILES string of the molecule is C[C@@H]1[C@H](c2ccc(NC(=O)c3ncc(C#N)[nH]3)c(C3=CCC(C)(C)CC3)c2)[C@H](C)C[C@@H]2CC[C@H]1O2. The Morgan fingerprint density at radius 2 is 2.11 bits per heavy atom. The van der Waals surface area contributed by atoms with Crippen molar-refractivity contribution in [1.29, 1.82) is 5.26 Å². The van der Waals surface area contributed by atoms with E-state index >= 15 is 0 Å². The number of nitrogens with one attached hydrogen (secondary N) is 2. The number of ether oxygens (including phenoxy) is 1. The molecule has 6 nitrogen and oxygen atoms in total. The van der Waals surface area contributed by atoms with Gasteiger partial charge in [-0.25, -0.2) is 4.98 Å². The molecule has 1 aromatic carbocycles. The first kappa shape index (κ1) is 23.8. The van der Waals surface area contributed by atoms with Crippen LogP contribution in [0, 0.1) is 28.6 Å². The standard InChI is InChI=1S/C29H36N4O2/c1-17-13-22-6-8-25(35-22)18(2)26(17)20-5-7-24(33-28(34)27-31-16-21(15-30)32-27)23(14-20)19-9-11-29(3,4)12-10-19/h5,7,9,14,16-18,22,25-26H,6,8,10-13H2,1-4H3,(H,31,32)(H,33,34)/t17-,18+,22+,25-,26-/m1/s1. The topological polar surface area (TPSA) is 90.8 Å². The Bertz CT molecular complexity index is 1190. The Labute approximate surface area is 208 Å². The van der Waals surface area contributed by atoms with E-state index in [1.165, 1.54) is 23.8 Å². The normalized spacial score (nSPS) is 29.7. The van der Waals surface area contributed by atoms with E-state index in [4.69, 9.17) is 10.00 Å². The second-order valence-electron chi connectivity index (χ2n) is 11.6. The molecule has 2 aliphatic heterocycles. The van der Waals surface area contributed by atoms with Crippen LogP contribution in [0.5, 0.6) is 0 Å². The molecule has 35 heavy (non-hydrogen) atoms. The number of carbonyl (C=O) groups excluding carboxylic acids is 1. The molecule has 2 N–H and O–H groups in total. The first-order valence-corrected chi connectivity index (χ1v) is 13.0. The fourth-order valence-corrected chi connectivity index (χ4v) is 6.38. The molecule has 2 bridgehead atoms. The molecule has 3 heterocycles. The number of fused-ring (bicyclic) bond motifs is 2. The lowest BCUT2D eigenvalue weighted by Crippen LogP contribution is -2.26. The fraction of sp³-hybridized carbons (Fsp3) is 0.552. The van der Waals surface area contributed by atoms with Gasteiger partial charge < -0.3 is 15.0 Å². The zero-order chi connectivity index (χ0) is 24.7. The fourth-order valence-electron chi connectivity index (χ4n) is 6.38. The Hall–Kier alpha value is -2.91. The largest absolute Gasteiger partial charge is 0.375 e. The Morgan fingerprint density at radius 1 is 1.29 bits per heavy atom. The zero-order valence-corrected chi connectivity index (χ0v) is 21.2. The van der Waals surface area contributed by atoms with Crippen molar-refractivity contribution in [2.75, 3.05) is 5.32 Å². The van der Waals surface area contributed by atoms with Crippen molar-refractivity contribution in [3.05, 3.63) is 53.1 Å². The van der Waals surface area contributed by atoms with Crippen LogP contribution in [0.2, 0.25) is 0 Å². The number of imidazole rings is 1. The minimum absolute atomic E-state index is 0.148. The number of hydrogen-bond donors (Lipinski definition) is 2. The van der Waals surface area contributed by atoms with Crippen LogP contribution in [0.4, 0.5) is 5.69 Å². The summed E-state index contributed by atoms with van der Waals surface area (Å²) in [6, 6.07) is 8.55. The van der Waals surface area contributed by atoms with Crippen LogP contribution in [0.25, 0.3) is 5.57 Å². The number of amides is 1. The highest BCUT2D eigenvalue weighted by Crippen LogP contribution is 2.47. The van der Waals surface area contributed by atoms with Gasteiger partial charge in [0.05, 0.1) is 18.4 Å². The maximum Gasteiger partial charge on any atom is 0.291 e. The molecule has 184 valence electrons. The van der Waals surface area contributed by atoms with E-state index in [9.17, 15) is 4.79 Å². The van der Waals surface area contributed by atoms with E-state index in [-0.39, 0.29) is 17.4 Å². The van der Waals surface area contributed by atoms with E-state index in [1.54, 1.807) is 0 Å². The Balaban J connectivity index is 1.50. The monoisotopic (exact) mass is 472 g/mol. The van der Waals surface area contributed by atoms with Gasteiger partial charge in [-0.2, -0.15) is 5.26 Å². The van der Waals surface area contributed by atoms with Crippen molar-refractivity contribution in [2.45, 2.75) is 84.3 Å². The van der Waals surface area contributed by atoms with Gasteiger partial charge in [-0.1, -0.05) is 39.8 Å². The highest BCUT2D eigenvalue weighted by atomic mass is 16.5. The van der Waals surface area contributed by atoms with Gasteiger partial charge in [0, 0.05) is 11.3 Å². The molecule has 2 aromatic rings.